The number of aromatic nitrogens is 1. The second-order valence-corrected chi connectivity index (χ2v) is 6.14. The third-order valence-corrected chi connectivity index (χ3v) is 4.16. The summed E-state index contributed by atoms with van der Waals surface area (Å²) in [6, 6.07) is 14.9. The van der Waals surface area contributed by atoms with Crippen molar-refractivity contribution >= 4 is 5.97 Å². The van der Waals surface area contributed by atoms with E-state index in [0.29, 0.717) is 17.0 Å². The zero-order chi connectivity index (χ0) is 20.3. The molecule has 1 unspecified atom stereocenters. The fourth-order valence-electron chi connectivity index (χ4n) is 2.61. The molecule has 28 heavy (non-hydrogen) atoms. The molecule has 0 aliphatic carbocycles. The maximum Gasteiger partial charge on any atom is 0.416 e. The number of ether oxygens (including phenoxy) is 1. The molecule has 0 aliphatic heterocycles. The van der Waals surface area contributed by atoms with E-state index in [-0.39, 0.29) is 5.56 Å². The van der Waals surface area contributed by atoms with Gasteiger partial charge >= 0.3 is 12.1 Å². The van der Waals surface area contributed by atoms with Crippen LogP contribution in [0.2, 0.25) is 0 Å². The molecule has 0 amide bonds. The van der Waals surface area contributed by atoms with Crippen LogP contribution in [0.25, 0.3) is 11.1 Å². The Labute approximate surface area is 159 Å². The summed E-state index contributed by atoms with van der Waals surface area (Å²) >= 11 is 0. The molecule has 2 aromatic carbocycles. The molecule has 0 bridgehead atoms. The Morgan fingerprint density at radius 3 is 2.00 bits per heavy atom. The number of carbonyl (C=O) groups is 1. The Morgan fingerprint density at radius 1 is 0.964 bits per heavy atom. The molecule has 1 N–H and O–H groups in total. The molecule has 1 atom stereocenters. The summed E-state index contributed by atoms with van der Waals surface area (Å²) in [4.78, 5) is 15.0. The minimum atomic E-state index is -4.36. The zero-order valence-electron chi connectivity index (χ0n) is 14.8. The molecule has 3 aromatic rings. The topological polar surface area (TPSA) is 59.4 Å². The van der Waals surface area contributed by atoms with Crippen LogP contribution in [0, 0.1) is 0 Å². The number of benzene rings is 2. The lowest BCUT2D eigenvalue weighted by Crippen LogP contribution is -2.06. The van der Waals surface area contributed by atoms with Crippen LogP contribution in [0.3, 0.4) is 0 Å². The fraction of sp³-hybridized carbons (Fsp3) is 0.143. The van der Waals surface area contributed by atoms with Crippen molar-refractivity contribution in [1.29, 1.82) is 0 Å². The van der Waals surface area contributed by atoms with Gasteiger partial charge in [0.15, 0.2) is 0 Å². The number of rotatable bonds is 5. The highest BCUT2D eigenvalue weighted by Gasteiger charge is 2.29. The zero-order valence-corrected chi connectivity index (χ0v) is 14.8. The van der Waals surface area contributed by atoms with Crippen LogP contribution < -0.4 is 4.74 Å². The van der Waals surface area contributed by atoms with Gasteiger partial charge < -0.3 is 9.84 Å². The fourth-order valence-corrected chi connectivity index (χ4v) is 2.61. The number of carboxylic acids is 1. The van der Waals surface area contributed by atoms with Gasteiger partial charge in [0.05, 0.1) is 16.8 Å². The molecule has 0 fully saturated rings. The van der Waals surface area contributed by atoms with E-state index in [2.05, 4.69) is 4.98 Å². The summed E-state index contributed by atoms with van der Waals surface area (Å²) in [5, 5.41) is 8.90. The maximum atomic E-state index is 12.6. The molecule has 0 spiro atoms. The van der Waals surface area contributed by atoms with Gasteiger partial charge in [0, 0.05) is 6.20 Å². The van der Waals surface area contributed by atoms with Crippen molar-refractivity contribution in [2.75, 3.05) is 0 Å². The molecular weight excluding hydrogens is 371 g/mol. The maximum absolute atomic E-state index is 12.6. The Kier molecular flexibility index (Phi) is 5.35. The van der Waals surface area contributed by atoms with Gasteiger partial charge in [-0.3, -0.25) is 4.98 Å². The SMILES string of the molecule is CC(Oc1ccc(-c2ccc(C(F)(F)F)cc2)cc1)c1ccc(C(=O)O)cn1. The average Bonchev–Trinajstić information content (AvgIpc) is 2.68. The van der Waals surface area contributed by atoms with Crippen molar-refractivity contribution in [3.63, 3.8) is 0 Å². The van der Waals surface area contributed by atoms with Gasteiger partial charge in [-0.1, -0.05) is 24.3 Å². The Bertz CT molecular complexity index is 950. The molecular formula is C21H16F3NO3. The lowest BCUT2D eigenvalue weighted by Gasteiger charge is -2.15. The highest BCUT2D eigenvalue weighted by atomic mass is 19.4. The first-order chi connectivity index (χ1) is 13.2. The Hall–Kier alpha value is -3.35. The van der Waals surface area contributed by atoms with Crippen molar-refractivity contribution in [3.05, 3.63) is 83.7 Å². The van der Waals surface area contributed by atoms with E-state index in [0.717, 1.165) is 17.7 Å². The number of aromatic carboxylic acids is 1. The predicted octanol–water partition coefficient (Wildman–Crippen LogP) is 5.61. The van der Waals surface area contributed by atoms with Gasteiger partial charge in [0.1, 0.15) is 11.9 Å². The Morgan fingerprint density at radius 2 is 1.54 bits per heavy atom. The number of pyridine rings is 1. The summed E-state index contributed by atoms with van der Waals surface area (Å²) in [7, 11) is 0. The van der Waals surface area contributed by atoms with E-state index in [1.807, 2.05) is 0 Å². The minimum Gasteiger partial charge on any atom is -0.484 e. The van der Waals surface area contributed by atoms with E-state index in [4.69, 9.17) is 9.84 Å². The molecule has 4 nitrogen and oxygen atoms in total. The highest BCUT2D eigenvalue weighted by Crippen LogP contribution is 2.31. The summed E-state index contributed by atoms with van der Waals surface area (Å²) in [6.45, 7) is 1.78. The number of carboxylic acid groups (broad SMARTS) is 1. The largest absolute Gasteiger partial charge is 0.484 e. The third-order valence-electron chi connectivity index (χ3n) is 4.16. The minimum absolute atomic E-state index is 0.0943. The predicted molar refractivity (Wildman–Crippen MR) is 97.1 cm³/mol. The van der Waals surface area contributed by atoms with E-state index in [1.165, 1.54) is 24.4 Å². The molecule has 1 heterocycles. The summed E-state index contributed by atoms with van der Waals surface area (Å²) < 4.78 is 43.7. The third kappa shape index (κ3) is 4.49. The van der Waals surface area contributed by atoms with Crippen molar-refractivity contribution in [2.45, 2.75) is 19.2 Å². The molecule has 0 radical (unpaired) electrons. The number of hydrogen-bond acceptors (Lipinski definition) is 3. The highest BCUT2D eigenvalue weighted by molar-refractivity contribution is 5.87. The summed E-state index contributed by atoms with van der Waals surface area (Å²) in [5.74, 6) is -0.487. The number of alkyl halides is 3. The number of halogens is 3. The molecule has 7 heteroatoms. The first-order valence-electron chi connectivity index (χ1n) is 8.37. The van der Waals surface area contributed by atoms with Crippen LogP contribution in [0.5, 0.6) is 5.75 Å². The van der Waals surface area contributed by atoms with E-state index in [9.17, 15) is 18.0 Å². The smallest absolute Gasteiger partial charge is 0.416 e. The van der Waals surface area contributed by atoms with Crippen LogP contribution in [-0.4, -0.2) is 16.1 Å². The van der Waals surface area contributed by atoms with Crippen LogP contribution in [0.15, 0.2) is 66.9 Å². The van der Waals surface area contributed by atoms with Gasteiger partial charge in [0.2, 0.25) is 0 Å². The van der Waals surface area contributed by atoms with Crippen LogP contribution >= 0.6 is 0 Å². The van der Waals surface area contributed by atoms with Crippen LogP contribution in [-0.2, 0) is 6.18 Å². The van der Waals surface area contributed by atoms with Gasteiger partial charge in [-0.2, -0.15) is 13.2 Å². The molecule has 0 saturated heterocycles. The summed E-state index contributed by atoms with van der Waals surface area (Å²) in [6.07, 6.45) is -3.49. The summed E-state index contributed by atoms with van der Waals surface area (Å²) in [5.41, 5.74) is 1.41. The van der Waals surface area contributed by atoms with Crippen molar-refractivity contribution < 1.29 is 27.8 Å². The van der Waals surface area contributed by atoms with Gasteiger partial charge in [-0.25, -0.2) is 4.79 Å². The van der Waals surface area contributed by atoms with E-state index < -0.39 is 23.8 Å². The molecule has 0 aliphatic rings. The molecule has 3 rings (SSSR count). The molecule has 144 valence electrons. The van der Waals surface area contributed by atoms with E-state index >= 15 is 0 Å². The first-order valence-corrected chi connectivity index (χ1v) is 8.37. The van der Waals surface area contributed by atoms with Crippen molar-refractivity contribution in [3.8, 4) is 16.9 Å². The van der Waals surface area contributed by atoms with Crippen LogP contribution in [0.1, 0.15) is 34.6 Å². The molecule has 1 aromatic heterocycles. The normalized spacial score (nSPS) is 12.4. The number of hydrogen-bond donors (Lipinski definition) is 1. The standard InChI is InChI=1S/C21H16F3NO3/c1-13(19-11-6-16(12-25-19)20(26)27)28-18-9-4-15(5-10-18)14-2-7-17(8-3-14)21(22,23)24/h2-13H,1H3,(H,26,27). The quantitative estimate of drug-likeness (QED) is 0.619. The van der Waals surface area contributed by atoms with Crippen LogP contribution in [0.4, 0.5) is 13.2 Å². The van der Waals surface area contributed by atoms with Crippen molar-refractivity contribution in [1.82, 2.24) is 4.98 Å². The van der Waals surface area contributed by atoms with Crippen molar-refractivity contribution in [2.24, 2.45) is 0 Å². The van der Waals surface area contributed by atoms with Gasteiger partial charge in [-0.15, -0.1) is 0 Å². The second-order valence-electron chi connectivity index (χ2n) is 6.14. The lowest BCUT2D eigenvalue weighted by atomic mass is 10.0. The number of nitrogens with zero attached hydrogens (tertiary/aromatic N) is 1. The average molecular weight is 387 g/mol. The lowest BCUT2D eigenvalue weighted by molar-refractivity contribution is -0.137. The molecule has 0 saturated carbocycles. The van der Waals surface area contributed by atoms with Gasteiger partial charge in [-0.05, 0) is 54.4 Å². The van der Waals surface area contributed by atoms with E-state index in [1.54, 1.807) is 37.3 Å². The monoisotopic (exact) mass is 387 g/mol. The van der Waals surface area contributed by atoms with Gasteiger partial charge in [0.25, 0.3) is 0 Å². The second kappa shape index (κ2) is 7.72. The first kappa shape index (κ1) is 19.4. The Balaban J connectivity index is 1.69.